The predicted molar refractivity (Wildman–Crippen MR) is 100 cm³/mol. The van der Waals surface area contributed by atoms with Crippen LogP contribution in [0.1, 0.15) is 30.9 Å². The molecule has 2 aromatic rings. The molecule has 0 atom stereocenters. The van der Waals surface area contributed by atoms with Crippen LogP contribution in [0.5, 0.6) is 11.5 Å². The summed E-state index contributed by atoms with van der Waals surface area (Å²) < 4.78 is 10.6. The van der Waals surface area contributed by atoms with Gasteiger partial charge in [0.25, 0.3) is 0 Å². The van der Waals surface area contributed by atoms with E-state index in [1.54, 1.807) is 7.11 Å². The highest BCUT2D eigenvalue weighted by molar-refractivity contribution is 5.76. The second-order valence-corrected chi connectivity index (χ2v) is 5.88. The summed E-state index contributed by atoms with van der Waals surface area (Å²) in [5, 5.41) is 2.99. The maximum absolute atomic E-state index is 11.9. The quantitative estimate of drug-likeness (QED) is 0.669. The van der Waals surface area contributed by atoms with Crippen molar-refractivity contribution in [1.82, 2.24) is 5.32 Å². The summed E-state index contributed by atoms with van der Waals surface area (Å²) in [4.78, 5) is 11.9. The van der Waals surface area contributed by atoms with Crippen LogP contribution in [0.2, 0.25) is 0 Å². The normalized spacial score (nSPS) is 10.3. The van der Waals surface area contributed by atoms with Crippen molar-refractivity contribution in [3.8, 4) is 11.5 Å². The molecule has 0 heterocycles. The van der Waals surface area contributed by atoms with E-state index in [0.29, 0.717) is 19.6 Å². The first-order valence-electron chi connectivity index (χ1n) is 8.82. The Labute approximate surface area is 150 Å². The Hall–Kier alpha value is -2.49. The molecular formula is C21H27NO3. The Kier molecular flexibility index (Phi) is 7.83. The third-order valence-corrected chi connectivity index (χ3v) is 4.00. The van der Waals surface area contributed by atoms with Crippen LogP contribution in [0.4, 0.5) is 0 Å². The molecule has 25 heavy (non-hydrogen) atoms. The van der Waals surface area contributed by atoms with E-state index in [-0.39, 0.29) is 5.91 Å². The van der Waals surface area contributed by atoms with E-state index in [0.717, 1.165) is 36.3 Å². The molecule has 1 amide bonds. The van der Waals surface area contributed by atoms with Crippen molar-refractivity contribution in [2.45, 2.75) is 32.6 Å². The van der Waals surface area contributed by atoms with E-state index in [2.05, 4.69) is 17.4 Å². The van der Waals surface area contributed by atoms with Crippen LogP contribution in [-0.2, 0) is 17.6 Å². The topological polar surface area (TPSA) is 47.6 Å². The maximum atomic E-state index is 11.9. The molecule has 2 aromatic carbocycles. The average Bonchev–Trinajstić information content (AvgIpc) is 2.65. The van der Waals surface area contributed by atoms with E-state index in [1.165, 1.54) is 5.56 Å². The number of carbonyl (C=O) groups is 1. The first-order chi connectivity index (χ1) is 12.2. The number of hydrogen-bond acceptors (Lipinski definition) is 3. The third kappa shape index (κ3) is 6.87. The molecule has 0 saturated carbocycles. The number of carbonyl (C=O) groups excluding carboxylic acids is 1. The van der Waals surface area contributed by atoms with E-state index >= 15 is 0 Å². The van der Waals surface area contributed by atoms with E-state index in [1.807, 2.05) is 43.3 Å². The van der Waals surface area contributed by atoms with Gasteiger partial charge in [0.2, 0.25) is 5.91 Å². The zero-order valence-corrected chi connectivity index (χ0v) is 15.1. The molecule has 0 radical (unpaired) electrons. The van der Waals surface area contributed by atoms with Gasteiger partial charge in [0.05, 0.1) is 13.7 Å². The molecule has 1 N–H and O–H groups in total. The van der Waals surface area contributed by atoms with E-state index in [9.17, 15) is 4.79 Å². The lowest BCUT2D eigenvalue weighted by Gasteiger charge is -2.07. The van der Waals surface area contributed by atoms with Crippen LogP contribution in [0, 0.1) is 0 Å². The fourth-order valence-corrected chi connectivity index (χ4v) is 2.58. The number of methoxy groups -OCH3 is 1. The molecule has 134 valence electrons. The van der Waals surface area contributed by atoms with E-state index < -0.39 is 0 Å². The summed E-state index contributed by atoms with van der Waals surface area (Å²) in [6, 6.07) is 16.0. The van der Waals surface area contributed by atoms with Gasteiger partial charge in [-0.1, -0.05) is 24.3 Å². The molecule has 4 nitrogen and oxygen atoms in total. The van der Waals surface area contributed by atoms with Crippen molar-refractivity contribution in [3.05, 3.63) is 59.7 Å². The molecule has 4 heteroatoms. The molecule has 2 rings (SSSR count). The van der Waals surface area contributed by atoms with Crippen LogP contribution < -0.4 is 14.8 Å². The molecule has 0 aliphatic rings. The number of ether oxygens (including phenoxy) is 2. The summed E-state index contributed by atoms with van der Waals surface area (Å²) in [5.41, 5.74) is 2.40. The second kappa shape index (κ2) is 10.4. The van der Waals surface area contributed by atoms with Crippen LogP contribution in [0.25, 0.3) is 0 Å². The standard InChI is InChI=1S/C21H27NO3/c1-3-25-20-13-8-17(9-14-20)5-4-16-22-21(23)15-10-18-6-11-19(24-2)12-7-18/h6-9,11-14H,3-5,10,15-16H2,1-2H3,(H,22,23). The first kappa shape index (κ1) is 18.8. The minimum atomic E-state index is 0.0995. The Morgan fingerprint density at radius 1 is 0.920 bits per heavy atom. The summed E-state index contributed by atoms with van der Waals surface area (Å²) in [6.07, 6.45) is 3.14. The minimum Gasteiger partial charge on any atom is -0.497 e. The Morgan fingerprint density at radius 2 is 1.52 bits per heavy atom. The molecule has 0 bridgehead atoms. The molecule has 0 unspecified atom stereocenters. The van der Waals surface area contributed by atoms with Gasteiger partial charge in [-0.2, -0.15) is 0 Å². The van der Waals surface area contributed by atoms with Crippen LogP contribution in [0.15, 0.2) is 48.5 Å². The highest BCUT2D eigenvalue weighted by Gasteiger charge is 2.03. The minimum absolute atomic E-state index is 0.0995. The lowest BCUT2D eigenvalue weighted by molar-refractivity contribution is -0.121. The maximum Gasteiger partial charge on any atom is 0.220 e. The van der Waals surface area contributed by atoms with Gasteiger partial charge in [0.1, 0.15) is 11.5 Å². The Bertz CT molecular complexity index is 635. The van der Waals surface area contributed by atoms with Gasteiger partial charge >= 0.3 is 0 Å². The van der Waals surface area contributed by atoms with Crippen molar-refractivity contribution in [2.75, 3.05) is 20.3 Å². The molecule has 0 aliphatic heterocycles. The molecule has 0 fully saturated rings. The predicted octanol–water partition coefficient (Wildman–Crippen LogP) is 3.78. The van der Waals surface area contributed by atoms with Crippen molar-refractivity contribution < 1.29 is 14.3 Å². The summed E-state index contributed by atoms with van der Waals surface area (Å²) in [5.74, 6) is 1.84. The zero-order valence-electron chi connectivity index (χ0n) is 15.1. The smallest absolute Gasteiger partial charge is 0.220 e. The van der Waals surface area contributed by atoms with Gasteiger partial charge < -0.3 is 14.8 Å². The summed E-state index contributed by atoms with van der Waals surface area (Å²) >= 11 is 0. The van der Waals surface area contributed by atoms with Gasteiger partial charge in [-0.15, -0.1) is 0 Å². The molecule has 0 aromatic heterocycles. The fraction of sp³-hybridized carbons (Fsp3) is 0.381. The highest BCUT2D eigenvalue weighted by atomic mass is 16.5. The van der Waals surface area contributed by atoms with Crippen LogP contribution in [-0.4, -0.2) is 26.2 Å². The summed E-state index contributed by atoms with van der Waals surface area (Å²) in [7, 11) is 1.65. The molecular weight excluding hydrogens is 314 g/mol. The lowest BCUT2D eigenvalue weighted by Crippen LogP contribution is -2.24. The fourth-order valence-electron chi connectivity index (χ4n) is 2.58. The van der Waals surface area contributed by atoms with Crippen molar-refractivity contribution >= 4 is 5.91 Å². The van der Waals surface area contributed by atoms with Gasteiger partial charge in [0, 0.05) is 13.0 Å². The number of nitrogens with one attached hydrogen (secondary N) is 1. The lowest BCUT2D eigenvalue weighted by atomic mass is 10.1. The van der Waals surface area contributed by atoms with Gasteiger partial charge in [-0.05, 0) is 61.6 Å². The molecule has 0 aliphatic carbocycles. The summed E-state index contributed by atoms with van der Waals surface area (Å²) in [6.45, 7) is 3.36. The second-order valence-electron chi connectivity index (χ2n) is 5.88. The molecule has 0 spiro atoms. The average molecular weight is 341 g/mol. The van der Waals surface area contributed by atoms with Crippen molar-refractivity contribution in [2.24, 2.45) is 0 Å². The van der Waals surface area contributed by atoms with Gasteiger partial charge in [-0.3, -0.25) is 4.79 Å². The Morgan fingerprint density at radius 3 is 2.12 bits per heavy atom. The first-order valence-corrected chi connectivity index (χ1v) is 8.82. The third-order valence-electron chi connectivity index (χ3n) is 4.00. The number of rotatable bonds is 10. The van der Waals surface area contributed by atoms with Crippen LogP contribution >= 0.6 is 0 Å². The van der Waals surface area contributed by atoms with Crippen LogP contribution in [0.3, 0.4) is 0 Å². The largest absolute Gasteiger partial charge is 0.497 e. The van der Waals surface area contributed by atoms with Gasteiger partial charge in [0.15, 0.2) is 0 Å². The number of benzene rings is 2. The zero-order chi connectivity index (χ0) is 17.9. The molecule has 0 saturated heterocycles. The number of aryl methyl sites for hydroxylation is 2. The SMILES string of the molecule is CCOc1ccc(CCCNC(=O)CCc2ccc(OC)cc2)cc1. The Balaban J connectivity index is 1.61. The van der Waals surface area contributed by atoms with Gasteiger partial charge in [-0.25, -0.2) is 0 Å². The monoisotopic (exact) mass is 341 g/mol. The number of amides is 1. The van der Waals surface area contributed by atoms with Crippen molar-refractivity contribution in [3.63, 3.8) is 0 Å². The van der Waals surface area contributed by atoms with Crippen molar-refractivity contribution in [1.29, 1.82) is 0 Å². The van der Waals surface area contributed by atoms with E-state index in [4.69, 9.17) is 9.47 Å². The highest BCUT2D eigenvalue weighted by Crippen LogP contribution is 2.14. The number of hydrogen-bond donors (Lipinski definition) is 1.